The molecule has 0 unspecified atom stereocenters. The number of nitro groups is 1. The summed E-state index contributed by atoms with van der Waals surface area (Å²) in [7, 11) is 0. The normalized spacial score (nSPS) is 10.1. The van der Waals surface area contributed by atoms with Crippen LogP contribution in [0.5, 0.6) is 11.5 Å². The van der Waals surface area contributed by atoms with Crippen molar-refractivity contribution >= 4 is 11.4 Å². The molecule has 0 aliphatic rings. The Labute approximate surface area is 108 Å². The Kier molecular flexibility index (Phi) is 3.15. The van der Waals surface area contributed by atoms with E-state index < -0.39 is 4.92 Å². The third-order valence-electron chi connectivity index (χ3n) is 2.62. The van der Waals surface area contributed by atoms with E-state index in [0.29, 0.717) is 5.56 Å². The van der Waals surface area contributed by atoms with E-state index in [4.69, 9.17) is 5.41 Å². The van der Waals surface area contributed by atoms with E-state index in [0.717, 1.165) is 6.07 Å². The molecule has 0 aromatic heterocycles. The summed E-state index contributed by atoms with van der Waals surface area (Å²) >= 11 is 0. The monoisotopic (exact) mass is 258 g/mol. The molecule has 3 N–H and O–H groups in total. The third kappa shape index (κ3) is 2.52. The molecule has 0 fully saturated rings. The number of nitro benzene ring substituents is 1. The minimum absolute atomic E-state index is 0.0544. The van der Waals surface area contributed by atoms with Crippen LogP contribution in [-0.2, 0) is 0 Å². The first kappa shape index (κ1) is 12.6. The van der Waals surface area contributed by atoms with Crippen LogP contribution in [-0.4, -0.2) is 20.8 Å². The number of nitrogens with zero attached hydrogens (tertiary/aromatic N) is 1. The predicted molar refractivity (Wildman–Crippen MR) is 68.8 cm³/mol. The van der Waals surface area contributed by atoms with Gasteiger partial charge in [-0.15, -0.1) is 0 Å². The summed E-state index contributed by atoms with van der Waals surface area (Å²) in [5.74, 6) is -0.150. The molecule has 0 bridgehead atoms. The zero-order valence-corrected chi connectivity index (χ0v) is 9.70. The predicted octanol–water partition coefficient (Wildman–Crippen LogP) is 2.42. The molecule has 0 heterocycles. The quantitative estimate of drug-likeness (QED) is 0.446. The highest BCUT2D eigenvalue weighted by Gasteiger charge is 2.15. The van der Waals surface area contributed by atoms with Gasteiger partial charge in [-0.1, -0.05) is 0 Å². The van der Waals surface area contributed by atoms with Gasteiger partial charge >= 0.3 is 0 Å². The van der Waals surface area contributed by atoms with Crippen molar-refractivity contribution in [2.45, 2.75) is 0 Å². The summed E-state index contributed by atoms with van der Waals surface area (Å²) in [4.78, 5) is 10.1. The van der Waals surface area contributed by atoms with Crippen LogP contribution in [0, 0.1) is 15.5 Å². The first-order valence-electron chi connectivity index (χ1n) is 5.35. The van der Waals surface area contributed by atoms with Gasteiger partial charge in [-0.2, -0.15) is 0 Å². The number of nitrogens with one attached hydrogen (secondary N) is 1. The van der Waals surface area contributed by atoms with Crippen molar-refractivity contribution in [3.8, 4) is 11.5 Å². The van der Waals surface area contributed by atoms with Crippen molar-refractivity contribution in [3.05, 3.63) is 63.7 Å². The Morgan fingerprint density at radius 3 is 2.32 bits per heavy atom. The maximum absolute atomic E-state index is 10.7. The summed E-state index contributed by atoms with van der Waals surface area (Å²) in [6.45, 7) is 0. The highest BCUT2D eigenvalue weighted by atomic mass is 16.6. The molecule has 0 saturated carbocycles. The number of phenolic OH excluding ortho intramolecular Hbond substituents is 2. The Bertz CT molecular complexity index is 650. The van der Waals surface area contributed by atoms with E-state index in [1.54, 1.807) is 0 Å². The lowest BCUT2D eigenvalue weighted by atomic mass is 10.0. The van der Waals surface area contributed by atoms with Crippen LogP contribution < -0.4 is 0 Å². The van der Waals surface area contributed by atoms with Crippen LogP contribution in [0.25, 0.3) is 0 Å². The third-order valence-corrected chi connectivity index (χ3v) is 2.62. The number of phenols is 2. The van der Waals surface area contributed by atoms with Crippen molar-refractivity contribution < 1.29 is 15.1 Å². The van der Waals surface area contributed by atoms with Gasteiger partial charge in [0.25, 0.3) is 5.69 Å². The zero-order valence-electron chi connectivity index (χ0n) is 9.70. The van der Waals surface area contributed by atoms with Gasteiger partial charge in [0.15, 0.2) is 0 Å². The molecule has 0 saturated heterocycles. The van der Waals surface area contributed by atoms with Gasteiger partial charge in [-0.3, -0.25) is 15.5 Å². The first-order valence-corrected chi connectivity index (χ1v) is 5.35. The fraction of sp³-hybridized carbons (Fsp3) is 0. The highest BCUT2D eigenvalue weighted by Crippen LogP contribution is 2.25. The van der Waals surface area contributed by atoms with Crippen LogP contribution in [0.3, 0.4) is 0 Å². The second kappa shape index (κ2) is 4.77. The van der Waals surface area contributed by atoms with Gasteiger partial charge in [0.1, 0.15) is 11.5 Å². The number of aromatic hydroxyl groups is 2. The summed E-state index contributed by atoms with van der Waals surface area (Å²) < 4.78 is 0. The summed E-state index contributed by atoms with van der Waals surface area (Å²) in [5, 5.41) is 37.5. The van der Waals surface area contributed by atoms with Gasteiger partial charge in [0.05, 0.1) is 10.6 Å². The molecule has 2 rings (SSSR count). The van der Waals surface area contributed by atoms with E-state index in [-0.39, 0.29) is 28.5 Å². The smallest absolute Gasteiger partial charge is 0.270 e. The molecule has 2 aromatic rings. The topological polar surface area (TPSA) is 107 Å². The minimum atomic E-state index is -0.590. The van der Waals surface area contributed by atoms with Crippen LogP contribution in [0.15, 0.2) is 42.5 Å². The summed E-state index contributed by atoms with van der Waals surface area (Å²) in [5.41, 5.74) is 0.256. The van der Waals surface area contributed by atoms with E-state index in [1.807, 2.05) is 0 Å². The van der Waals surface area contributed by atoms with Gasteiger partial charge in [-0.25, -0.2) is 0 Å². The second-order valence-corrected chi connectivity index (χ2v) is 3.88. The minimum Gasteiger partial charge on any atom is -0.508 e. The Morgan fingerprint density at radius 1 is 1.11 bits per heavy atom. The molecule has 6 heteroatoms. The zero-order chi connectivity index (χ0) is 14.0. The van der Waals surface area contributed by atoms with Gasteiger partial charge in [-0.05, 0) is 30.3 Å². The van der Waals surface area contributed by atoms with Crippen LogP contribution in [0.2, 0.25) is 0 Å². The SMILES string of the molecule is N=C(c1ccc(O)cc1)c1cc([N+](=O)[O-])ccc1O. The van der Waals surface area contributed by atoms with E-state index in [9.17, 15) is 20.3 Å². The standard InChI is InChI=1S/C13H10N2O4/c14-13(8-1-4-10(16)5-2-8)11-7-9(15(18)19)3-6-12(11)17/h1-7,14,16-17H. The van der Waals surface area contributed by atoms with Crippen molar-refractivity contribution in [2.24, 2.45) is 0 Å². The van der Waals surface area contributed by atoms with E-state index >= 15 is 0 Å². The van der Waals surface area contributed by atoms with E-state index in [2.05, 4.69) is 0 Å². The van der Waals surface area contributed by atoms with Crippen molar-refractivity contribution in [3.63, 3.8) is 0 Å². The number of non-ortho nitro benzene ring substituents is 1. The second-order valence-electron chi connectivity index (χ2n) is 3.88. The first-order chi connectivity index (χ1) is 8.99. The average molecular weight is 258 g/mol. The van der Waals surface area contributed by atoms with Gasteiger partial charge < -0.3 is 10.2 Å². The molecule has 0 aliphatic heterocycles. The van der Waals surface area contributed by atoms with Gasteiger partial charge in [0.2, 0.25) is 0 Å². The number of rotatable bonds is 3. The summed E-state index contributed by atoms with van der Waals surface area (Å²) in [6, 6.07) is 9.29. The van der Waals surface area contributed by atoms with Crippen LogP contribution in [0.4, 0.5) is 5.69 Å². The molecule has 19 heavy (non-hydrogen) atoms. The van der Waals surface area contributed by atoms with Crippen LogP contribution in [0.1, 0.15) is 11.1 Å². The maximum atomic E-state index is 10.7. The molecule has 0 spiro atoms. The molecule has 0 aliphatic carbocycles. The number of benzene rings is 2. The molecule has 2 aromatic carbocycles. The molecule has 0 radical (unpaired) electrons. The fourth-order valence-electron chi connectivity index (χ4n) is 1.62. The summed E-state index contributed by atoms with van der Waals surface area (Å²) in [6.07, 6.45) is 0. The molecular weight excluding hydrogens is 248 g/mol. The fourth-order valence-corrected chi connectivity index (χ4v) is 1.62. The number of hydrogen-bond donors (Lipinski definition) is 3. The maximum Gasteiger partial charge on any atom is 0.270 e. The van der Waals surface area contributed by atoms with Crippen LogP contribution >= 0.6 is 0 Å². The molecule has 0 atom stereocenters. The Balaban J connectivity index is 2.46. The lowest BCUT2D eigenvalue weighted by Gasteiger charge is -2.07. The van der Waals surface area contributed by atoms with Gasteiger partial charge in [0, 0.05) is 23.3 Å². The Morgan fingerprint density at radius 2 is 1.74 bits per heavy atom. The van der Waals surface area contributed by atoms with Crippen molar-refractivity contribution in [1.82, 2.24) is 0 Å². The largest absolute Gasteiger partial charge is 0.508 e. The van der Waals surface area contributed by atoms with E-state index in [1.165, 1.54) is 36.4 Å². The Hall–Kier alpha value is -2.89. The van der Waals surface area contributed by atoms with Crippen molar-refractivity contribution in [1.29, 1.82) is 5.41 Å². The van der Waals surface area contributed by atoms with Crippen molar-refractivity contribution in [2.75, 3.05) is 0 Å². The number of hydrogen-bond acceptors (Lipinski definition) is 5. The molecule has 96 valence electrons. The molecule has 6 nitrogen and oxygen atoms in total. The highest BCUT2D eigenvalue weighted by molar-refractivity contribution is 6.12. The molecular formula is C13H10N2O4. The molecule has 0 amide bonds. The lowest BCUT2D eigenvalue weighted by Crippen LogP contribution is -2.02. The lowest BCUT2D eigenvalue weighted by molar-refractivity contribution is -0.384. The average Bonchev–Trinajstić information content (AvgIpc) is 2.39.